The number of carbonyl (C=O) groups is 2. The van der Waals surface area contributed by atoms with Crippen LogP contribution in [0.3, 0.4) is 0 Å². The zero-order valence-electron chi connectivity index (χ0n) is 9.63. The van der Waals surface area contributed by atoms with E-state index < -0.39 is 0 Å². The fraction of sp³-hybridized carbons (Fsp3) is 0.545. The summed E-state index contributed by atoms with van der Waals surface area (Å²) in [5, 5.41) is 2.58. The van der Waals surface area contributed by atoms with E-state index in [0.29, 0.717) is 19.5 Å². The van der Waals surface area contributed by atoms with Gasteiger partial charge in [0.25, 0.3) is 0 Å². The lowest BCUT2D eigenvalue weighted by Crippen LogP contribution is -2.36. The Balaban J connectivity index is 1.77. The molecule has 92 valence electrons. The first kappa shape index (κ1) is 11.6. The van der Waals surface area contributed by atoms with E-state index in [1.807, 2.05) is 10.8 Å². The maximum Gasteiger partial charge on any atom is 0.241 e. The number of aromatic nitrogens is 2. The van der Waals surface area contributed by atoms with Gasteiger partial charge in [-0.2, -0.15) is 0 Å². The summed E-state index contributed by atoms with van der Waals surface area (Å²) in [5.41, 5.74) is 0. The summed E-state index contributed by atoms with van der Waals surface area (Å²) in [7, 11) is 0. The molecule has 0 atom stereocenters. The Morgan fingerprint density at radius 1 is 1.35 bits per heavy atom. The molecular formula is C11H16N4O2. The van der Waals surface area contributed by atoms with Gasteiger partial charge < -0.3 is 14.8 Å². The van der Waals surface area contributed by atoms with E-state index in [2.05, 4.69) is 10.3 Å². The zero-order chi connectivity index (χ0) is 12.1. The number of rotatable bonds is 4. The molecule has 1 saturated heterocycles. The van der Waals surface area contributed by atoms with Crippen molar-refractivity contribution < 1.29 is 9.59 Å². The van der Waals surface area contributed by atoms with Gasteiger partial charge in [-0.3, -0.25) is 9.59 Å². The first-order chi connectivity index (χ1) is 8.25. The van der Waals surface area contributed by atoms with Crippen LogP contribution in [0.2, 0.25) is 0 Å². The molecule has 2 amide bonds. The highest BCUT2D eigenvalue weighted by molar-refractivity contribution is 5.87. The zero-order valence-corrected chi connectivity index (χ0v) is 9.63. The highest BCUT2D eigenvalue weighted by Gasteiger charge is 2.19. The summed E-state index contributed by atoms with van der Waals surface area (Å²) >= 11 is 0. The third kappa shape index (κ3) is 3.30. The average Bonchev–Trinajstić information content (AvgIpc) is 2.78. The first-order valence-electron chi connectivity index (χ1n) is 5.76. The molecule has 0 saturated carbocycles. The molecule has 1 aromatic heterocycles. The second-order valence-electron chi connectivity index (χ2n) is 4.06. The van der Waals surface area contributed by atoms with Gasteiger partial charge in [-0.25, -0.2) is 4.98 Å². The standard InChI is InChI=1S/C11H16N4O2/c16-10-2-6-15(11(17)8-13-10)5-1-4-14-7-3-12-9-14/h3,7,9H,1-2,4-6,8H2,(H,13,16). The minimum absolute atomic E-state index is 0.00137. The third-order valence-corrected chi connectivity index (χ3v) is 2.80. The van der Waals surface area contributed by atoms with Crippen molar-refractivity contribution in [2.75, 3.05) is 19.6 Å². The van der Waals surface area contributed by atoms with Gasteiger partial charge in [-0.05, 0) is 6.42 Å². The van der Waals surface area contributed by atoms with Crippen molar-refractivity contribution in [1.82, 2.24) is 19.8 Å². The largest absolute Gasteiger partial charge is 0.347 e. The predicted octanol–water partition coefficient (Wildman–Crippen LogP) is -0.378. The Morgan fingerprint density at radius 2 is 2.24 bits per heavy atom. The van der Waals surface area contributed by atoms with Crippen molar-refractivity contribution in [3.05, 3.63) is 18.7 Å². The van der Waals surface area contributed by atoms with E-state index in [1.54, 1.807) is 17.4 Å². The molecule has 0 unspecified atom stereocenters. The van der Waals surface area contributed by atoms with Gasteiger partial charge >= 0.3 is 0 Å². The van der Waals surface area contributed by atoms with Crippen LogP contribution in [0.5, 0.6) is 0 Å². The van der Waals surface area contributed by atoms with Crippen LogP contribution in [0.25, 0.3) is 0 Å². The topological polar surface area (TPSA) is 67.2 Å². The molecule has 0 radical (unpaired) electrons. The van der Waals surface area contributed by atoms with E-state index in [0.717, 1.165) is 13.0 Å². The SMILES string of the molecule is O=C1CCN(CCCn2ccnc2)C(=O)CN1. The van der Waals surface area contributed by atoms with Gasteiger partial charge in [0.05, 0.1) is 12.9 Å². The van der Waals surface area contributed by atoms with Crippen LogP contribution in [0.1, 0.15) is 12.8 Å². The van der Waals surface area contributed by atoms with Gasteiger partial charge in [0.1, 0.15) is 0 Å². The van der Waals surface area contributed by atoms with Gasteiger partial charge in [0.2, 0.25) is 11.8 Å². The van der Waals surface area contributed by atoms with E-state index >= 15 is 0 Å². The quantitative estimate of drug-likeness (QED) is 0.775. The van der Waals surface area contributed by atoms with Gasteiger partial charge in [-0.15, -0.1) is 0 Å². The summed E-state index contributed by atoms with van der Waals surface area (Å²) in [6, 6.07) is 0. The van der Waals surface area contributed by atoms with Crippen LogP contribution in [-0.2, 0) is 16.1 Å². The fourth-order valence-corrected chi connectivity index (χ4v) is 1.84. The Kier molecular flexibility index (Phi) is 3.74. The van der Waals surface area contributed by atoms with Crippen LogP contribution < -0.4 is 5.32 Å². The van der Waals surface area contributed by atoms with Crippen LogP contribution in [0.15, 0.2) is 18.7 Å². The highest BCUT2D eigenvalue weighted by Crippen LogP contribution is 2.01. The molecule has 6 nitrogen and oxygen atoms in total. The summed E-state index contributed by atoms with van der Waals surface area (Å²) in [6.07, 6.45) is 6.66. The van der Waals surface area contributed by atoms with Crippen molar-refractivity contribution in [2.45, 2.75) is 19.4 Å². The molecule has 2 rings (SSSR count). The summed E-state index contributed by atoms with van der Waals surface area (Å²) < 4.78 is 1.98. The number of nitrogens with one attached hydrogen (secondary N) is 1. The van der Waals surface area contributed by atoms with Crippen LogP contribution in [-0.4, -0.2) is 45.9 Å². The van der Waals surface area contributed by atoms with Crippen LogP contribution >= 0.6 is 0 Å². The van der Waals surface area contributed by atoms with Crippen molar-refractivity contribution in [1.29, 1.82) is 0 Å². The maximum absolute atomic E-state index is 11.6. The smallest absolute Gasteiger partial charge is 0.241 e. The second kappa shape index (κ2) is 5.47. The van der Waals surface area contributed by atoms with Gasteiger partial charge in [0.15, 0.2) is 0 Å². The molecule has 1 N–H and O–H groups in total. The van der Waals surface area contributed by atoms with Crippen molar-refractivity contribution in [3.8, 4) is 0 Å². The number of hydrogen-bond acceptors (Lipinski definition) is 3. The number of nitrogens with zero attached hydrogens (tertiary/aromatic N) is 3. The Labute approximate surface area is 99.6 Å². The number of amides is 2. The van der Waals surface area contributed by atoms with E-state index in [-0.39, 0.29) is 18.4 Å². The second-order valence-corrected chi connectivity index (χ2v) is 4.06. The molecule has 0 aliphatic carbocycles. The monoisotopic (exact) mass is 236 g/mol. The summed E-state index contributed by atoms with van der Waals surface area (Å²) in [5.74, 6) is -0.0445. The molecule has 2 heterocycles. The average molecular weight is 236 g/mol. The lowest BCUT2D eigenvalue weighted by Gasteiger charge is -2.19. The Bertz CT molecular complexity index is 388. The number of aryl methyl sites for hydroxylation is 1. The molecule has 1 aromatic rings. The van der Waals surface area contributed by atoms with Crippen LogP contribution in [0.4, 0.5) is 0 Å². The molecule has 1 fully saturated rings. The summed E-state index contributed by atoms with van der Waals surface area (Å²) in [6.45, 7) is 2.18. The van der Waals surface area contributed by atoms with Crippen molar-refractivity contribution >= 4 is 11.8 Å². The fourth-order valence-electron chi connectivity index (χ4n) is 1.84. The van der Waals surface area contributed by atoms with E-state index in [9.17, 15) is 9.59 Å². The lowest BCUT2D eigenvalue weighted by molar-refractivity contribution is -0.130. The molecule has 6 heteroatoms. The molecule has 1 aliphatic heterocycles. The maximum atomic E-state index is 11.6. The Hall–Kier alpha value is -1.85. The predicted molar refractivity (Wildman–Crippen MR) is 61.1 cm³/mol. The van der Waals surface area contributed by atoms with E-state index in [4.69, 9.17) is 0 Å². The van der Waals surface area contributed by atoms with Crippen molar-refractivity contribution in [2.24, 2.45) is 0 Å². The van der Waals surface area contributed by atoms with Gasteiger partial charge in [0, 0.05) is 38.4 Å². The van der Waals surface area contributed by atoms with Gasteiger partial charge in [-0.1, -0.05) is 0 Å². The molecule has 0 bridgehead atoms. The number of imidazole rings is 1. The first-order valence-corrected chi connectivity index (χ1v) is 5.76. The minimum Gasteiger partial charge on any atom is -0.347 e. The highest BCUT2D eigenvalue weighted by atomic mass is 16.2. The van der Waals surface area contributed by atoms with E-state index in [1.165, 1.54) is 0 Å². The molecule has 1 aliphatic rings. The number of carbonyl (C=O) groups excluding carboxylic acids is 2. The molecule has 0 spiro atoms. The molecule has 0 aromatic carbocycles. The normalized spacial score (nSPS) is 16.8. The van der Waals surface area contributed by atoms with Crippen molar-refractivity contribution in [3.63, 3.8) is 0 Å². The molecule has 17 heavy (non-hydrogen) atoms. The lowest BCUT2D eigenvalue weighted by atomic mass is 10.3. The Morgan fingerprint density at radius 3 is 3.00 bits per heavy atom. The minimum atomic E-state index is -0.0459. The molecular weight excluding hydrogens is 220 g/mol. The summed E-state index contributed by atoms with van der Waals surface area (Å²) in [4.78, 5) is 28.5. The number of hydrogen-bond donors (Lipinski definition) is 1. The van der Waals surface area contributed by atoms with Crippen LogP contribution in [0, 0.1) is 0 Å². The third-order valence-electron chi connectivity index (χ3n) is 2.80.